The topological polar surface area (TPSA) is 69.9 Å². The van der Waals surface area contributed by atoms with Crippen molar-refractivity contribution in [3.63, 3.8) is 0 Å². The van der Waals surface area contributed by atoms with E-state index >= 15 is 0 Å². The number of benzene rings is 2. The van der Waals surface area contributed by atoms with E-state index in [0.29, 0.717) is 39.6 Å². The van der Waals surface area contributed by atoms with Crippen molar-refractivity contribution in [2.75, 3.05) is 33.0 Å². The van der Waals surface area contributed by atoms with Gasteiger partial charge < -0.3 is 23.9 Å². The van der Waals surface area contributed by atoms with Gasteiger partial charge in [-0.05, 0) is 49.2 Å². The van der Waals surface area contributed by atoms with Gasteiger partial charge in [0.05, 0.1) is 26.2 Å². The number of aliphatic carboxylic acids is 1. The molecule has 0 aliphatic rings. The minimum atomic E-state index is -0.816. The number of hydrogen-bond donors (Lipinski definition) is 1. The van der Waals surface area contributed by atoms with Gasteiger partial charge in [-0.3, -0.25) is 4.79 Å². The van der Waals surface area contributed by atoms with Gasteiger partial charge in [-0.15, -0.1) is 0 Å². The summed E-state index contributed by atoms with van der Waals surface area (Å²) >= 11 is 0. The molecule has 6 heteroatoms. The molecule has 0 unspecified atom stereocenters. The van der Waals surface area contributed by atoms with Crippen LogP contribution in [0.1, 0.15) is 23.7 Å². The maximum Gasteiger partial charge on any atom is 0.307 e. The SMILES string of the molecule is CCOCCOCCOc1ccc(Cn2c(C)cc3c(CC(=O)O)cccc32)cc1. The van der Waals surface area contributed by atoms with E-state index in [-0.39, 0.29) is 6.42 Å². The quantitative estimate of drug-likeness (QED) is 0.455. The largest absolute Gasteiger partial charge is 0.491 e. The minimum Gasteiger partial charge on any atom is -0.491 e. The van der Waals surface area contributed by atoms with Gasteiger partial charge in [0.1, 0.15) is 12.4 Å². The first-order valence-corrected chi connectivity index (χ1v) is 10.2. The van der Waals surface area contributed by atoms with Gasteiger partial charge in [-0.1, -0.05) is 24.3 Å². The highest BCUT2D eigenvalue weighted by Crippen LogP contribution is 2.25. The molecule has 0 fully saturated rings. The predicted octanol–water partition coefficient (Wildman–Crippen LogP) is 4.06. The molecule has 1 heterocycles. The monoisotopic (exact) mass is 411 g/mol. The summed E-state index contributed by atoms with van der Waals surface area (Å²) in [5.41, 5.74) is 4.15. The normalized spacial score (nSPS) is 11.1. The molecule has 0 amide bonds. The molecule has 2 aromatic carbocycles. The van der Waals surface area contributed by atoms with Crippen LogP contribution in [0.5, 0.6) is 5.75 Å². The Morgan fingerprint density at radius 1 is 1.00 bits per heavy atom. The van der Waals surface area contributed by atoms with Gasteiger partial charge in [0.15, 0.2) is 0 Å². The fourth-order valence-corrected chi connectivity index (χ4v) is 3.46. The molecule has 1 aromatic heterocycles. The Bertz CT molecular complexity index is 962. The molecule has 0 aliphatic heterocycles. The van der Waals surface area contributed by atoms with Crippen LogP contribution < -0.4 is 4.74 Å². The number of carboxylic acid groups (broad SMARTS) is 1. The summed E-state index contributed by atoms with van der Waals surface area (Å²) in [6, 6.07) is 15.9. The third-order valence-corrected chi connectivity index (χ3v) is 4.92. The first kappa shape index (κ1) is 21.9. The van der Waals surface area contributed by atoms with Crippen LogP contribution in [0.15, 0.2) is 48.5 Å². The van der Waals surface area contributed by atoms with Crippen molar-refractivity contribution in [2.45, 2.75) is 26.8 Å². The molecule has 6 nitrogen and oxygen atoms in total. The van der Waals surface area contributed by atoms with Crippen LogP contribution in [0.2, 0.25) is 0 Å². The fraction of sp³-hybridized carbons (Fsp3) is 0.375. The maximum atomic E-state index is 11.1. The Morgan fingerprint density at radius 2 is 1.73 bits per heavy atom. The zero-order chi connectivity index (χ0) is 21.3. The van der Waals surface area contributed by atoms with Crippen LogP contribution >= 0.6 is 0 Å². The molecule has 0 saturated carbocycles. The molecule has 0 bridgehead atoms. The van der Waals surface area contributed by atoms with E-state index in [1.807, 2.05) is 44.2 Å². The van der Waals surface area contributed by atoms with E-state index in [9.17, 15) is 4.79 Å². The third-order valence-electron chi connectivity index (χ3n) is 4.92. The molecule has 3 aromatic rings. The number of carbonyl (C=O) groups is 1. The third kappa shape index (κ3) is 5.84. The summed E-state index contributed by atoms with van der Waals surface area (Å²) in [7, 11) is 0. The van der Waals surface area contributed by atoms with Crippen molar-refractivity contribution in [1.82, 2.24) is 4.57 Å². The van der Waals surface area contributed by atoms with Crippen molar-refractivity contribution in [1.29, 1.82) is 0 Å². The molecule has 0 atom stereocenters. The highest BCUT2D eigenvalue weighted by Gasteiger charge is 2.11. The van der Waals surface area contributed by atoms with Crippen molar-refractivity contribution in [3.8, 4) is 5.75 Å². The molecular weight excluding hydrogens is 382 g/mol. The number of ether oxygens (including phenoxy) is 3. The van der Waals surface area contributed by atoms with Crippen LogP contribution in [0.4, 0.5) is 0 Å². The van der Waals surface area contributed by atoms with Gasteiger partial charge in [0.25, 0.3) is 0 Å². The number of aromatic nitrogens is 1. The molecule has 0 spiro atoms. The molecule has 3 rings (SSSR count). The zero-order valence-corrected chi connectivity index (χ0v) is 17.6. The minimum absolute atomic E-state index is 0.0299. The first-order valence-electron chi connectivity index (χ1n) is 10.2. The van der Waals surface area contributed by atoms with E-state index < -0.39 is 5.97 Å². The number of rotatable bonds is 12. The van der Waals surface area contributed by atoms with Crippen LogP contribution in [-0.2, 0) is 27.2 Å². The summed E-state index contributed by atoms with van der Waals surface area (Å²) in [4.78, 5) is 11.1. The molecule has 160 valence electrons. The zero-order valence-electron chi connectivity index (χ0n) is 17.6. The molecule has 0 saturated heterocycles. The number of carboxylic acids is 1. The van der Waals surface area contributed by atoms with Crippen molar-refractivity contribution >= 4 is 16.9 Å². The summed E-state index contributed by atoms with van der Waals surface area (Å²) in [5.74, 6) is -0.00632. The second-order valence-electron chi connectivity index (χ2n) is 7.09. The molecule has 0 aliphatic carbocycles. The number of nitrogens with zero attached hydrogens (tertiary/aromatic N) is 1. The number of aryl methyl sites for hydroxylation is 1. The van der Waals surface area contributed by atoms with Crippen LogP contribution in [0, 0.1) is 6.92 Å². The van der Waals surface area contributed by atoms with Crippen LogP contribution in [0.3, 0.4) is 0 Å². The van der Waals surface area contributed by atoms with Gasteiger partial charge in [-0.2, -0.15) is 0 Å². The maximum absolute atomic E-state index is 11.1. The van der Waals surface area contributed by atoms with Crippen molar-refractivity contribution < 1.29 is 24.1 Å². The second-order valence-corrected chi connectivity index (χ2v) is 7.09. The van der Waals surface area contributed by atoms with Gasteiger partial charge in [0, 0.05) is 29.7 Å². The van der Waals surface area contributed by atoms with E-state index in [1.54, 1.807) is 0 Å². The Kier molecular flexibility index (Phi) is 7.88. The van der Waals surface area contributed by atoms with E-state index in [1.165, 1.54) is 0 Å². The summed E-state index contributed by atoms with van der Waals surface area (Å²) in [6.07, 6.45) is 0.0299. The Morgan fingerprint density at radius 3 is 2.47 bits per heavy atom. The summed E-state index contributed by atoms with van der Waals surface area (Å²) < 4.78 is 18.6. The highest BCUT2D eigenvalue weighted by atomic mass is 16.5. The van der Waals surface area contributed by atoms with Gasteiger partial charge in [-0.25, -0.2) is 0 Å². The van der Waals surface area contributed by atoms with Gasteiger partial charge >= 0.3 is 5.97 Å². The van der Waals surface area contributed by atoms with Gasteiger partial charge in [0.2, 0.25) is 0 Å². The van der Waals surface area contributed by atoms with E-state index in [0.717, 1.165) is 33.5 Å². The van der Waals surface area contributed by atoms with Crippen LogP contribution in [0.25, 0.3) is 10.9 Å². The lowest BCUT2D eigenvalue weighted by atomic mass is 10.1. The number of fused-ring (bicyclic) bond motifs is 1. The molecular formula is C24H29NO5. The Hall–Kier alpha value is -2.83. The fourth-order valence-electron chi connectivity index (χ4n) is 3.46. The molecule has 0 radical (unpaired) electrons. The average Bonchev–Trinajstić information content (AvgIpc) is 3.04. The second kappa shape index (κ2) is 10.8. The lowest BCUT2D eigenvalue weighted by molar-refractivity contribution is -0.136. The lowest BCUT2D eigenvalue weighted by Gasteiger charge is -2.11. The standard InChI is InChI=1S/C24H29NO5/c1-3-28-11-12-29-13-14-30-21-9-7-19(8-10-21)17-25-18(2)15-22-20(16-24(26)27)5-4-6-23(22)25/h4-10,15H,3,11-14,16-17H2,1-2H3,(H,26,27). The van der Waals surface area contributed by atoms with Crippen LogP contribution in [-0.4, -0.2) is 48.7 Å². The lowest BCUT2D eigenvalue weighted by Crippen LogP contribution is -2.10. The predicted molar refractivity (Wildman–Crippen MR) is 116 cm³/mol. The Balaban J connectivity index is 1.60. The highest BCUT2D eigenvalue weighted by molar-refractivity contribution is 5.88. The van der Waals surface area contributed by atoms with E-state index in [2.05, 4.69) is 22.8 Å². The average molecular weight is 411 g/mol. The van der Waals surface area contributed by atoms with E-state index in [4.69, 9.17) is 19.3 Å². The molecule has 1 N–H and O–H groups in total. The summed E-state index contributed by atoms with van der Waals surface area (Å²) in [6.45, 7) is 7.64. The smallest absolute Gasteiger partial charge is 0.307 e. The first-order chi connectivity index (χ1) is 14.6. The Labute approximate surface area is 177 Å². The molecule has 30 heavy (non-hydrogen) atoms. The summed E-state index contributed by atoms with van der Waals surface area (Å²) in [5, 5.41) is 10.2. The number of hydrogen-bond acceptors (Lipinski definition) is 4. The van der Waals surface area contributed by atoms with Crippen molar-refractivity contribution in [2.24, 2.45) is 0 Å². The van der Waals surface area contributed by atoms with Crippen molar-refractivity contribution in [3.05, 3.63) is 65.4 Å².